The van der Waals surface area contributed by atoms with Gasteiger partial charge >= 0.3 is 0 Å². The second kappa shape index (κ2) is 7.82. The van der Waals surface area contributed by atoms with Crippen molar-refractivity contribution in [3.05, 3.63) is 35.9 Å². The highest BCUT2D eigenvalue weighted by Gasteiger charge is 2.50. The van der Waals surface area contributed by atoms with Crippen molar-refractivity contribution in [2.24, 2.45) is 0 Å². The number of ether oxygens (including phenoxy) is 3. The Labute approximate surface area is 138 Å². The van der Waals surface area contributed by atoms with E-state index in [4.69, 9.17) is 14.2 Å². The molecule has 1 aromatic rings. The molecule has 124 valence electrons. The van der Waals surface area contributed by atoms with Crippen LogP contribution in [0.3, 0.4) is 0 Å². The van der Waals surface area contributed by atoms with Gasteiger partial charge in [0.2, 0.25) is 0 Å². The summed E-state index contributed by atoms with van der Waals surface area (Å²) >= 11 is 1.70. The molecule has 22 heavy (non-hydrogen) atoms. The Kier molecular flexibility index (Phi) is 6.33. The van der Waals surface area contributed by atoms with Crippen LogP contribution in [0, 0.1) is 0 Å². The molecule has 0 bridgehead atoms. The van der Waals surface area contributed by atoms with Gasteiger partial charge in [-0.1, -0.05) is 37.3 Å². The van der Waals surface area contributed by atoms with E-state index in [1.165, 1.54) is 5.56 Å². The highest BCUT2D eigenvalue weighted by molar-refractivity contribution is 7.98. The first-order valence-corrected chi connectivity index (χ1v) is 9.33. The zero-order chi connectivity index (χ0) is 16.1. The van der Waals surface area contributed by atoms with Gasteiger partial charge in [0.25, 0.3) is 0 Å². The van der Waals surface area contributed by atoms with E-state index >= 15 is 0 Å². The molecule has 1 heterocycles. The molecule has 1 aliphatic rings. The third-order valence-corrected chi connectivity index (χ3v) is 4.69. The molecule has 2 atom stereocenters. The third-order valence-electron chi connectivity index (χ3n) is 4.32. The van der Waals surface area contributed by atoms with Crippen molar-refractivity contribution in [1.29, 1.82) is 0 Å². The minimum Gasteiger partial charge on any atom is -0.374 e. The van der Waals surface area contributed by atoms with Crippen LogP contribution in [0.2, 0.25) is 0 Å². The topological polar surface area (TPSA) is 27.7 Å². The van der Waals surface area contributed by atoms with Crippen molar-refractivity contribution in [3.8, 4) is 0 Å². The van der Waals surface area contributed by atoms with Gasteiger partial charge in [0.05, 0.1) is 36.5 Å². The highest BCUT2D eigenvalue weighted by Crippen LogP contribution is 2.42. The van der Waals surface area contributed by atoms with Gasteiger partial charge in [-0.15, -0.1) is 11.8 Å². The fraction of sp³-hybridized carbons (Fsp3) is 0.667. The average molecular weight is 324 g/mol. The number of benzene rings is 1. The number of thioether (sulfide) groups is 1. The SMILES string of the molecule is CCC1(COCc2ccccc2)CC(OCSC)C(C)(C)O1. The van der Waals surface area contributed by atoms with Gasteiger partial charge in [0.1, 0.15) is 0 Å². The van der Waals surface area contributed by atoms with Crippen LogP contribution < -0.4 is 0 Å². The maximum absolute atomic E-state index is 6.37. The lowest BCUT2D eigenvalue weighted by atomic mass is 9.93. The van der Waals surface area contributed by atoms with Crippen LogP contribution in [-0.2, 0) is 20.8 Å². The minimum absolute atomic E-state index is 0.125. The third kappa shape index (κ3) is 4.48. The van der Waals surface area contributed by atoms with E-state index < -0.39 is 0 Å². The van der Waals surface area contributed by atoms with E-state index in [0.29, 0.717) is 19.2 Å². The molecular formula is C18H28O3S. The molecule has 0 spiro atoms. The van der Waals surface area contributed by atoms with E-state index in [-0.39, 0.29) is 17.3 Å². The molecule has 1 aliphatic heterocycles. The zero-order valence-corrected chi connectivity index (χ0v) is 14.9. The molecule has 1 fully saturated rings. The van der Waals surface area contributed by atoms with Crippen LogP contribution >= 0.6 is 11.8 Å². The van der Waals surface area contributed by atoms with Crippen LogP contribution in [-0.4, -0.2) is 36.1 Å². The van der Waals surface area contributed by atoms with Crippen LogP contribution in [0.5, 0.6) is 0 Å². The van der Waals surface area contributed by atoms with E-state index in [0.717, 1.165) is 12.8 Å². The molecule has 0 saturated carbocycles. The highest BCUT2D eigenvalue weighted by atomic mass is 32.2. The first kappa shape index (κ1) is 17.8. The van der Waals surface area contributed by atoms with Crippen molar-refractivity contribution in [2.45, 2.75) is 57.5 Å². The van der Waals surface area contributed by atoms with Gasteiger partial charge in [0.15, 0.2) is 0 Å². The molecule has 1 aromatic carbocycles. The van der Waals surface area contributed by atoms with Gasteiger partial charge in [-0.3, -0.25) is 0 Å². The Balaban J connectivity index is 1.92. The molecule has 0 amide bonds. The van der Waals surface area contributed by atoms with Crippen molar-refractivity contribution >= 4 is 11.8 Å². The molecule has 4 heteroatoms. The monoisotopic (exact) mass is 324 g/mol. The van der Waals surface area contributed by atoms with E-state index in [1.54, 1.807) is 11.8 Å². The molecule has 1 saturated heterocycles. The molecule has 0 N–H and O–H groups in total. The minimum atomic E-state index is -0.262. The van der Waals surface area contributed by atoms with Gasteiger partial charge < -0.3 is 14.2 Å². The second-order valence-corrected chi connectivity index (χ2v) is 7.30. The lowest BCUT2D eigenvalue weighted by Crippen LogP contribution is -2.37. The van der Waals surface area contributed by atoms with E-state index in [2.05, 4.69) is 39.2 Å². The normalized spacial score (nSPS) is 27.2. The predicted octanol–water partition coefficient (Wildman–Crippen LogP) is 4.26. The first-order valence-electron chi connectivity index (χ1n) is 7.94. The molecular weight excluding hydrogens is 296 g/mol. The lowest BCUT2D eigenvalue weighted by molar-refractivity contribution is -0.139. The molecule has 2 rings (SSSR count). The fourth-order valence-corrected chi connectivity index (χ4v) is 3.30. The van der Waals surface area contributed by atoms with Gasteiger partial charge in [-0.05, 0) is 32.1 Å². The Morgan fingerprint density at radius 3 is 2.64 bits per heavy atom. The Morgan fingerprint density at radius 1 is 1.27 bits per heavy atom. The summed E-state index contributed by atoms with van der Waals surface area (Å²) in [5.74, 6) is 0.710. The Morgan fingerprint density at radius 2 is 2.00 bits per heavy atom. The smallest absolute Gasteiger partial charge is 0.0946 e. The summed E-state index contributed by atoms with van der Waals surface area (Å²) in [6, 6.07) is 10.3. The zero-order valence-electron chi connectivity index (χ0n) is 14.1. The largest absolute Gasteiger partial charge is 0.374 e. The average Bonchev–Trinajstić information content (AvgIpc) is 2.77. The fourth-order valence-electron chi connectivity index (χ4n) is 2.99. The molecule has 0 aliphatic carbocycles. The van der Waals surface area contributed by atoms with Gasteiger partial charge in [0, 0.05) is 6.42 Å². The van der Waals surface area contributed by atoms with Crippen molar-refractivity contribution in [2.75, 3.05) is 18.8 Å². The summed E-state index contributed by atoms with van der Waals surface area (Å²) in [6.45, 7) is 7.64. The summed E-state index contributed by atoms with van der Waals surface area (Å²) in [4.78, 5) is 0. The van der Waals surface area contributed by atoms with Gasteiger partial charge in [-0.25, -0.2) is 0 Å². The first-order chi connectivity index (χ1) is 10.5. The Bertz CT molecular complexity index is 449. The Hall–Kier alpha value is -0.550. The van der Waals surface area contributed by atoms with E-state index in [9.17, 15) is 0 Å². The van der Waals surface area contributed by atoms with E-state index in [1.807, 2.05) is 18.2 Å². The predicted molar refractivity (Wildman–Crippen MR) is 92.2 cm³/mol. The maximum atomic E-state index is 6.37. The molecule has 0 radical (unpaired) electrons. The number of hydrogen-bond donors (Lipinski definition) is 0. The maximum Gasteiger partial charge on any atom is 0.0946 e. The van der Waals surface area contributed by atoms with Crippen molar-refractivity contribution in [3.63, 3.8) is 0 Å². The standard InChI is InChI=1S/C18H28O3S/c1-5-18(13-19-12-15-9-7-6-8-10-15)11-16(20-14-22-4)17(2,3)21-18/h6-10,16H,5,11-14H2,1-4H3. The van der Waals surface area contributed by atoms with Crippen molar-refractivity contribution < 1.29 is 14.2 Å². The van der Waals surface area contributed by atoms with Crippen LogP contribution in [0.1, 0.15) is 39.2 Å². The van der Waals surface area contributed by atoms with Gasteiger partial charge in [-0.2, -0.15) is 0 Å². The van der Waals surface area contributed by atoms with Crippen LogP contribution in [0.25, 0.3) is 0 Å². The summed E-state index contributed by atoms with van der Waals surface area (Å²) in [7, 11) is 0. The van der Waals surface area contributed by atoms with Crippen molar-refractivity contribution in [1.82, 2.24) is 0 Å². The molecule has 2 unspecified atom stereocenters. The summed E-state index contributed by atoms with van der Waals surface area (Å²) in [5.41, 5.74) is 0.699. The quantitative estimate of drug-likeness (QED) is 0.668. The lowest BCUT2D eigenvalue weighted by Gasteiger charge is -2.30. The summed E-state index contributed by atoms with van der Waals surface area (Å²) in [5, 5.41) is 0. The summed E-state index contributed by atoms with van der Waals surface area (Å²) < 4.78 is 18.3. The summed E-state index contributed by atoms with van der Waals surface area (Å²) in [6.07, 6.45) is 4.01. The molecule has 3 nitrogen and oxygen atoms in total. The van der Waals surface area contributed by atoms with Crippen LogP contribution in [0.15, 0.2) is 30.3 Å². The second-order valence-electron chi connectivity index (χ2n) is 6.49. The number of hydrogen-bond acceptors (Lipinski definition) is 4. The van der Waals surface area contributed by atoms with Crippen LogP contribution in [0.4, 0.5) is 0 Å². The molecule has 0 aromatic heterocycles. The number of rotatable bonds is 8.